The maximum atomic E-state index is 14.5. The Bertz CT molecular complexity index is 1400. The summed E-state index contributed by atoms with van der Waals surface area (Å²) in [6.07, 6.45) is 5.41. The summed E-state index contributed by atoms with van der Waals surface area (Å²) in [4.78, 5) is 8.93. The standard InChI is InChI=1S/C27H22FN3O2/c1-18(2)32-25-11-8-19(14-23(25)28)21-9-12-26-29-16-24(31(26)17-21)20-10-13-27(30-15-20)33-22-6-4-3-5-7-22/h3-18H,1-2H3. The lowest BCUT2D eigenvalue weighted by molar-refractivity contribution is 0.231. The summed E-state index contributed by atoms with van der Waals surface area (Å²) in [5, 5.41) is 0. The van der Waals surface area contributed by atoms with Crippen LogP contribution in [0.25, 0.3) is 28.0 Å². The second-order valence-corrected chi connectivity index (χ2v) is 7.90. The molecular weight excluding hydrogens is 417 g/mol. The highest BCUT2D eigenvalue weighted by Gasteiger charge is 2.11. The zero-order valence-electron chi connectivity index (χ0n) is 18.3. The maximum Gasteiger partial charge on any atom is 0.219 e. The van der Waals surface area contributed by atoms with E-state index in [1.807, 2.05) is 85.1 Å². The minimum Gasteiger partial charge on any atom is -0.488 e. The summed E-state index contributed by atoms with van der Waals surface area (Å²) in [5.41, 5.74) is 4.19. The minimum atomic E-state index is -0.384. The molecule has 0 aliphatic heterocycles. The smallest absolute Gasteiger partial charge is 0.219 e. The number of benzene rings is 2. The molecule has 0 saturated carbocycles. The molecular formula is C27H22FN3O2. The molecule has 0 fully saturated rings. The Hall–Kier alpha value is -4.19. The molecule has 0 radical (unpaired) electrons. The van der Waals surface area contributed by atoms with Gasteiger partial charge < -0.3 is 9.47 Å². The molecule has 2 aromatic carbocycles. The van der Waals surface area contributed by atoms with E-state index in [2.05, 4.69) is 9.97 Å². The average molecular weight is 439 g/mol. The number of hydrogen-bond acceptors (Lipinski definition) is 4. The Kier molecular flexibility index (Phi) is 5.48. The Morgan fingerprint density at radius 3 is 2.33 bits per heavy atom. The minimum absolute atomic E-state index is 0.0895. The van der Waals surface area contributed by atoms with Gasteiger partial charge in [-0.05, 0) is 67.4 Å². The third-order valence-electron chi connectivity index (χ3n) is 5.13. The number of imidazole rings is 1. The van der Waals surface area contributed by atoms with E-state index in [4.69, 9.17) is 9.47 Å². The molecule has 0 N–H and O–H groups in total. The predicted molar refractivity (Wildman–Crippen MR) is 126 cm³/mol. The number of fused-ring (bicyclic) bond motifs is 1. The largest absolute Gasteiger partial charge is 0.488 e. The van der Waals surface area contributed by atoms with E-state index in [1.165, 1.54) is 6.07 Å². The second-order valence-electron chi connectivity index (χ2n) is 7.90. The number of para-hydroxylation sites is 1. The fourth-order valence-electron chi connectivity index (χ4n) is 3.60. The van der Waals surface area contributed by atoms with Gasteiger partial charge >= 0.3 is 0 Å². The monoisotopic (exact) mass is 439 g/mol. The molecule has 6 heteroatoms. The van der Waals surface area contributed by atoms with Crippen LogP contribution in [0.4, 0.5) is 4.39 Å². The summed E-state index contributed by atoms with van der Waals surface area (Å²) in [6, 6.07) is 22.2. The number of aromatic nitrogens is 3. The molecule has 0 spiro atoms. The SMILES string of the molecule is CC(C)Oc1ccc(-c2ccc3ncc(-c4ccc(Oc5ccccc5)nc4)n3c2)cc1F. The summed E-state index contributed by atoms with van der Waals surface area (Å²) in [7, 11) is 0. The van der Waals surface area contributed by atoms with Gasteiger partial charge in [0.15, 0.2) is 11.6 Å². The van der Waals surface area contributed by atoms with Gasteiger partial charge in [-0.25, -0.2) is 14.4 Å². The van der Waals surface area contributed by atoms with E-state index < -0.39 is 0 Å². The highest BCUT2D eigenvalue weighted by atomic mass is 19.1. The first kappa shape index (κ1) is 20.7. The normalized spacial score (nSPS) is 11.2. The number of ether oxygens (including phenoxy) is 2. The van der Waals surface area contributed by atoms with Crippen LogP contribution in [0.2, 0.25) is 0 Å². The van der Waals surface area contributed by atoms with Crippen molar-refractivity contribution >= 4 is 5.65 Å². The highest BCUT2D eigenvalue weighted by molar-refractivity contribution is 5.69. The van der Waals surface area contributed by atoms with Crippen LogP contribution >= 0.6 is 0 Å². The molecule has 33 heavy (non-hydrogen) atoms. The Labute approximate surface area is 191 Å². The Morgan fingerprint density at radius 2 is 1.61 bits per heavy atom. The molecule has 0 aliphatic rings. The Morgan fingerprint density at radius 1 is 0.818 bits per heavy atom. The lowest BCUT2D eigenvalue weighted by Gasteiger charge is -2.12. The quantitative estimate of drug-likeness (QED) is 0.293. The number of halogens is 1. The molecule has 0 amide bonds. The van der Waals surface area contributed by atoms with Crippen LogP contribution in [0.1, 0.15) is 13.8 Å². The van der Waals surface area contributed by atoms with Crippen LogP contribution in [-0.2, 0) is 0 Å². The fourth-order valence-corrected chi connectivity index (χ4v) is 3.60. The van der Waals surface area contributed by atoms with Crippen molar-refractivity contribution in [2.45, 2.75) is 20.0 Å². The molecule has 5 aromatic rings. The van der Waals surface area contributed by atoms with Crippen molar-refractivity contribution in [1.82, 2.24) is 14.4 Å². The number of rotatable bonds is 6. The molecule has 0 bridgehead atoms. The molecule has 164 valence electrons. The molecule has 3 aromatic heterocycles. The zero-order chi connectivity index (χ0) is 22.8. The molecule has 5 nitrogen and oxygen atoms in total. The van der Waals surface area contributed by atoms with Crippen molar-refractivity contribution in [2.75, 3.05) is 0 Å². The molecule has 0 unspecified atom stereocenters. The van der Waals surface area contributed by atoms with Crippen molar-refractivity contribution < 1.29 is 13.9 Å². The predicted octanol–water partition coefficient (Wildman–Crippen LogP) is 6.78. The van der Waals surface area contributed by atoms with Crippen molar-refractivity contribution in [3.8, 4) is 39.8 Å². The van der Waals surface area contributed by atoms with Gasteiger partial charge in [0, 0.05) is 24.0 Å². The van der Waals surface area contributed by atoms with Crippen LogP contribution in [0.3, 0.4) is 0 Å². The molecule has 5 rings (SSSR count). The van der Waals surface area contributed by atoms with E-state index in [0.29, 0.717) is 5.88 Å². The van der Waals surface area contributed by atoms with Gasteiger partial charge in [0.1, 0.15) is 11.4 Å². The van der Waals surface area contributed by atoms with Crippen molar-refractivity contribution in [3.63, 3.8) is 0 Å². The van der Waals surface area contributed by atoms with Crippen LogP contribution in [0, 0.1) is 5.82 Å². The van der Waals surface area contributed by atoms with Gasteiger partial charge in [-0.2, -0.15) is 0 Å². The van der Waals surface area contributed by atoms with E-state index in [1.54, 1.807) is 18.5 Å². The van der Waals surface area contributed by atoms with Crippen molar-refractivity contribution in [3.05, 3.63) is 97.2 Å². The van der Waals surface area contributed by atoms with Gasteiger partial charge in [0.05, 0.1) is 18.0 Å². The molecule has 3 heterocycles. The third-order valence-corrected chi connectivity index (χ3v) is 5.13. The molecule has 0 aliphatic carbocycles. The van der Waals surface area contributed by atoms with Gasteiger partial charge in [0.2, 0.25) is 5.88 Å². The second kappa shape index (κ2) is 8.74. The Balaban J connectivity index is 1.45. The first-order valence-corrected chi connectivity index (χ1v) is 10.7. The van der Waals surface area contributed by atoms with Crippen molar-refractivity contribution in [2.24, 2.45) is 0 Å². The van der Waals surface area contributed by atoms with Gasteiger partial charge in [-0.3, -0.25) is 4.40 Å². The molecule has 0 atom stereocenters. The molecule has 0 saturated heterocycles. The lowest BCUT2D eigenvalue weighted by Crippen LogP contribution is -2.06. The van der Waals surface area contributed by atoms with E-state index in [0.717, 1.165) is 33.8 Å². The summed E-state index contributed by atoms with van der Waals surface area (Å²) < 4.78 is 27.8. The third kappa shape index (κ3) is 4.41. The summed E-state index contributed by atoms with van der Waals surface area (Å²) in [6.45, 7) is 3.74. The summed E-state index contributed by atoms with van der Waals surface area (Å²) in [5.74, 6) is 1.11. The lowest BCUT2D eigenvalue weighted by atomic mass is 10.1. The highest BCUT2D eigenvalue weighted by Crippen LogP contribution is 2.29. The number of hydrogen-bond donors (Lipinski definition) is 0. The van der Waals surface area contributed by atoms with Crippen LogP contribution < -0.4 is 9.47 Å². The first-order chi connectivity index (χ1) is 16.1. The summed E-state index contributed by atoms with van der Waals surface area (Å²) >= 11 is 0. The van der Waals surface area contributed by atoms with Gasteiger partial charge in [0.25, 0.3) is 0 Å². The van der Waals surface area contributed by atoms with Crippen LogP contribution in [0.5, 0.6) is 17.4 Å². The number of nitrogens with zero attached hydrogens (tertiary/aromatic N) is 3. The maximum absolute atomic E-state index is 14.5. The van der Waals surface area contributed by atoms with Gasteiger partial charge in [-0.1, -0.05) is 24.3 Å². The van der Waals surface area contributed by atoms with E-state index in [9.17, 15) is 4.39 Å². The van der Waals surface area contributed by atoms with Gasteiger partial charge in [-0.15, -0.1) is 0 Å². The zero-order valence-corrected chi connectivity index (χ0v) is 18.3. The number of pyridine rings is 2. The van der Waals surface area contributed by atoms with Crippen LogP contribution in [0.15, 0.2) is 91.4 Å². The fraction of sp³-hybridized carbons (Fsp3) is 0.111. The van der Waals surface area contributed by atoms with E-state index >= 15 is 0 Å². The van der Waals surface area contributed by atoms with Crippen LogP contribution in [-0.4, -0.2) is 20.5 Å². The topological polar surface area (TPSA) is 48.7 Å². The first-order valence-electron chi connectivity index (χ1n) is 10.7. The van der Waals surface area contributed by atoms with E-state index in [-0.39, 0.29) is 17.7 Å². The average Bonchev–Trinajstić information content (AvgIpc) is 3.25. The van der Waals surface area contributed by atoms with Crippen molar-refractivity contribution in [1.29, 1.82) is 0 Å².